The molecule has 0 aliphatic heterocycles. The van der Waals surface area contributed by atoms with Gasteiger partial charge in [-0.15, -0.1) is 0 Å². The summed E-state index contributed by atoms with van der Waals surface area (Å²) >= 11 is 1.39. The van der Waals surface area contributed by atoms with E-state index < -0.39 is 0 Å². The maximum Gasteiger partial charge on any atom is 0.337 e. The molecule has 14 heavy (non-hydrogen) atoms. The van der Waals surface area contributed by atoms with E-state index in [4.69, 9.17) is 5.73 Å². The number of rotatable bonds is 1. The lowest BCUT2D eigenvalue weighted by molar-refractivity contribution is 0.0601. The normalized spacial score (nSPS) is 10.4. The van der Waals surface area contributed by atoms with Crippen molar-refractivity contribution in [2.45, 2.75) is 0 Å². The average Bonchev–Trinajstić information content (AvgIpc) is 2.55. The second kappa shape index (κ2) is 3.26. The minimum absolute atomic E-state index is 0.363. The Hall–Kier alpha value is -1.62. The zero-order valence-electron chi connectivity index (χ0n) is 7.48. The number of carbonyl (C=O) groups is 1. The fourth-order valence-corrected chi connectivity index (χ4v) is 1.90. The van der Waals surface area contributed by atoms with Crippen molar-refractivity contribution in [1.82, 2.24) is 4.98 Å². The lowest BCUT2D eigenvalue weighted by Gasteiger charge is -1.97. The molecule has 0 aliphatic rings. The predicted molar refractivity (Wildman–Crippen MR) is 55.4 cm³/mol. The van der Waals surface area contributed by atoms with Gasteiger partial charge < -0.3 is 10.5 Å². The zero-order chi connectivity index (χ0) is 10.1. The summed E-state index contributed by atoms with van der Waals surface area (Å²) in [6, 6.07) is 5.19. The number of nitrogens with two attached hydrogens (primary N) is 1. The van der Waals surface area contributed by atoms with Gasteiger partial charge in [-0.05, 0) is 18.2 Å². The van der Waals surface area contributed by atoms with Crippen molar-refractivity contribution in [3.05, 3.63) is 23.8 Å². The Morgan fingerprint density at radius 3 is 3.07 bits per heavy atom. The Kier molecular flexibility index (Phi) is 2.09. The SMILES string of the molecule is COC(=O)c1ccc2sc(N)nc2c1. The van der Waals surface area contributed by atoms with Crippen LogP contribution < -0.4 is 5.73 Å². The lowest BCUT2D eigenvalue weighted by atomic mass is 10.2. The van der Waals surface area contributed by atoms with E-state index in [1.54, 1.807) is 12.1 Å². The van der Waals surface area contributed by atoms with Gasteiger partial charge in [0.15, 0.2) is 5.13 Å². The first-order valence-corrected chi connectivity index (χ1v) is 4.77. The summed E-state index contributed by atoms with van der Waals surface area (Å²) in [6.07, 6.45) is 0. The summed E-state index contributed by atoms with van der Waals surface area (Å²) in [7, 11) is 1.35. The Morgan fingerprint density at radius 1 is 1.57 bits per heavy atom. The number of hydrogen-bond donors (Lipinski definition) is 1. The number of anilines is 1. The minimum Gasteiger partial charge on any atom is -0.465 e. The van der Waals surface area contributed by atoms with Gasteiger partial charge in [0.2, 0.25) is 0 Å². The van der Waals surface area contributed by atoms with Gasteiger partial charge in [0.25, 0.3) is 0 Å². The molecule has 2 N–H and O–H groups in total. The molecule has 0 amide bonds. The van der Waals surface area contributed by atoms with Crippen LogP contribution >= 0.6 is 11.3 Å². The minimum atomic E-state index is -0.363. The number of fused-ring (bicyclic) bond motifs is 1. The summed E-state index contributed by atoms with van der Waals surface area (Å²) < 4.78 is 5.57. The number of carbonyl (C=O) groups excluding carboxylic acids is 1. The van der Waals surface area contributed by atoms with Crippen molar-refractivity contribution in [3.63, 3.8) is 0 Å². The molecule has 1 heterocycles. The number of benzene rings is 1. The Morgan fingerprint density at radius 2 is 2.36 bits per heavy atom. The van der Waals surface area contributed by atoms with E-state index in [0.717, 1.165) is 10.2 Å². The number of nitrogens with zero attached hydrogens (tertiary/aromatic N) is 1. The summed E-state index contributed by atoms with van der Waals surface area (Å²) in [5.74, 6) is -0.363. The van der Waals surface area contributed by atoms with Gasteiger partial charge in [-0.2, -0.15) is 0 Å². The van der Waals surface area contributed by atoms with E-state index >= 15 is 0 Å². The molecule has 0 saturated heterocycles. The number of hydrogen-bond acceptors (Lipinski definition) is 5. The van der Waals surface area contributed by atoms with Gasteiger partial charge in [-0.1, -0.05) is 11.3 Å². The van der Waals surface area contributed by atoms with E-state index in [9.17, 15) is 4.79 Å². The molecule has 1 aromatic heterocycles. The number of ether oxygens (including phenoxy) is 1. The van der Waals surface area contributed by atoms with Crippen molar-refractivity contribution in [3.8, 4) is 0 Å². The van der Waals surface area contributed by atoms with Crippen molar-refractivity contribution >= 4 is 32.7 Å². The van der Waals surface area contributed by atoms with E-state index in [0.29, 0.717) is 10.7 Å². The van der Waals surface area contributed by atoms with Crippen LogP contribution in [0.15, 0.2) is 18.2 Å². The van der Waals surface area contributed by atoms with Crippen molar-refractivity contribution < 1.29 is 9.53 Å². The molecule has 5 heteroatoms. The first kappa shape index (κ1) is 8.96. The van der Waals surface area contributed by atoms with Crippen LogP contribution in [0.3, 0.4) is 0 Å². The molecule has 0 atom stereocenters. The maximum absolute atomic E-state index is 11.2. The second-order valence-electron chi connectivity index (χ2n) is 2.73. The van der Waals surface area contributed by atoms with Crippen LogP contribution in [0.2, 0.25) is 0 Å². The molecule has 0 bridgehead atoms. The summed E-state index contributed by atoms with van der Waals surface area (Å²) in [5.41, 5.74) is 6.76. The smallest absolute Gasteiger partial charge is 0.337 e. The van der Waals surface area contributed by atoms with Gasteiger partial charge in [0.05, 0.1) is 22.9 Å². The van der Waals surface area contributed by atoms with E-state index in [1.807, 2.05) is 6.07 Å². The van der Waals surface area contributed by atoms with Crippen LogP contribution in [0, 0.1) is 0 Å². The third-order valence-electron chi connectivity index (χ3n) is 1.83. The molecule has 0 aliphatic carbocycles. The largest absolute Gasteiger partial charge is 0.465 e. The molecule has 0 fully saturated rings. The van der Waals surface area contributed by atoms with E-state index in [-0.39, 0.29) is 5.97 Å². The number of nitrogen functional groups attached to an aromatic ring is 1. The molecule has 0 saturated carbocycles. The van der Waals surface area contributed by atoms with E-state index in [2.05, 4.69) is 9.72 Å². The van der Waals surface area contributed by atoms with Crippen molar-refractivity contribution in [1.29, 1.82) is 0 Å². The second-order valence-corrected chi connectivity index (χ2v) is 3.79. The highest BCUT2D eigenvalue weighted by Gasteiger charge is 2.07. The Balaban J connectivity index is 2.55. The predicted octanol–water partition coefficient (Wildman–Crippen LogP) is 1.67. The molecule has 1 aromatic carbocycles. The van der Waals surface area contributed by atoms with Crippen LogP contribution in [0.25, 0.3) is 10.2 Å². The lowest BCUT2D eigenvalue weighted by Crippen LogP contribution is -2.00. The molecule has 2 rings (SSSR count). The molecule has 0 spiro atoms. The van der Waals surface area contributed by atoms with Gasteiger partial charge in [-0.25, -0.2) is 9.78 Å². The van der Waals surface area contributed by atoms with Gasteiger partial charge in [-0.3, -0.25) is 0 Å². The van der Waals surface area contributed by atoms with E-state index in [1.165, 1.54) is 18.4 Å². The standard InChI is InChI=1S/C9H8N2O2S/c1-13-8(12)5-2-3-7-6(4-5)11-9(10)14-7/h2-4H,1H3,(H2,10,11). The van der Waals surface area contributed by atoms with Crippen LogP contribution in [0.4, 0.5) is 5.13 Å². The van der Waals surface area contributed by atoms with Crippen LogP contribution in [-0.4, -0.2) is 18.1 Å². The number of aromatic nitrogens is 1. The summed E-state index contributed by atoms with van der Waals surface area (Å²) in [6.45, 7) is 0. The van der Waals surface area contributed by atoms with Gasteiger partial charge in [0.1, 0.15) is 0 Å². The first-order chi connectivity index (χ1) is 6.70. The molecular formula is C9H8N2O2S. The molecular weight excluding hydrogens is 200 g/mol. The molecule has 2 aromatic rings. The monoisotopic (exact) mass is 208 g/mol. The number of methoxy groups -OCH3 is 1. The fourth-order valence-electron chi connectivity index (χ4n) is 1.19. The highest BCUT2D eigenvalue weighted by Crippen LogP contribution is 2.24. The highest BCUT2D eigenvalue weighted by molar-refractivity contribution is 7.22. The topological polar surface area (TPSA) is 65.2 Å². The molecule has 4 nitrogen and oxygen atoms in total. The third-order valence-corrected chi connectivity index (χ3v) is 2.69. The maximum atomic E-state index is 11.2. The van der Waals surface area contributed by atoms with Crippen LogP contribution in [-0.2, 0) is 4.74 Å². The molecule has 72 valence electrons. The van der Waals surface area contributed by atoms with Gasteiger partial charge in [0, 0.05) is 0 Å². The third kappa shape index (κ3) is 1.42. The van der Waals surface area contributed by atoms with Crippen molar-refractivity contribution in [2.24, 2.45) is 0 Å². The van der Waals surface area contributed by atoms with Crippen LogP contribution in [0.5, 0.6) is 0 Å². The quantitative estimate of drug-likeness (QED) is 0.724. The Bertz CT molecular complexity index is 493. The summed E-state index contributed by atoms with van der Waals surface area (Å²) in [4.78, 5) is 15.3. The van der Waals surface area contributed by atoms with Crippen LogP contribution in [0.1, 0.15) is 10.4 Å². The average molecular weight is 208 g/mol. The fraction of sp³-hybridized carbons (Fsp3) is 0.111. The molecule has 0 unspecified atom stereocenters. The number of esters is 1. The number of thiazole rings is 1. The van der Waals surface area contributed by atoms with Crippen molar-refractivity contribution in [2.75, 3.05) is 12.8 Å². The summed E-state index contributed by atoms with van der Waals surface area (Å²) in [5, 5.41) is 0.502. The molecule has 0 radical (unpaired) electrons. The highest BCUT2D eigenvalue weighted by atomic mass is 32.1. The van der Waals surface area contributed by atoms with Gasteiger partial charge >= 0.3 is 5.97 Å². The zero-order valence-corrected chi connectivity index (χ0v) is 8.30. The Labute approximate surface area is 84.3 Å². The first-order valence-electron chi connectivity index (χ1n) is 3.95.